The second-order valence-electron chi connectivity index (χ2n) is 5.78. The molecular formula is C20H16FN3O2S. The first-order valence-corrected chi connectivity index (χ1v) is 8.99. The average Bonchev–Trinajstić information content (AvgIpc) is 3.01. The van der Waals surface area contributed by atoms with E-state index in [0.29, 0.717) is 22.9 Å². The number of ether oxygens (including phenoxy) is 1. The molecule has 1 amide bonds. The van der Waals surface area contributed by atoms with Crippen molar-refractivity contribution in [1.82, 2.24) is 4.98 Å². The Kier molecular flexibility index (Phi) is 5.79. The third kappa shape index (κ3) is 4.90. The fourth-order valence-corrected chi connectivity index (χ4v) is 3.43. The van der Waals surface area contributed by atoms with Gasteiger partial charge in [0.2, 0.25) is 0 Å². The first-order valence-electron chi connectivity index (χ1n) is 8.17. The number of para-hydroxylation sites is 1. The van der Waals surface area contributed by atoms with Gasteiger partial charge in [0.25, 0.3) is 5.91 Å². The lowest BCUT2D eigenvalue weighted by Crippen LogP contribution is -2.20. The number of aryl methyl sites for hydroxylation is 1. The number of aromatic nitrogens is 1. The highest BCUT2D eigenvalue weighted by Crippen LogP contribution is 2.25. The van der Waals surface area contributed by atoms with E-state index in [2.05, 4.69) is 10.3 Å². The number of hydrogen-bond donors (Lipinski definition) is 1. The summed E-state index contributed by atoms with van der Waals surface area (Å²) in [7, 11) is 0. The zero-order valence-corrected chi connectivity index (χ0v) is 15.3. The van der Waals surface area contributed by atoms with Crippen molar-refractivity contribution in [3.05, 3.63) is 76.0 Å². The SMILES string of the molecule is Cc1nc(NC(=O)COc2ccccc2C#N)sc1Cc1ccc(F)cc1. The van der Waals surface area contributed by atoms with Crippen LogP contribution in [0.5, 0.6) is 5.75 Å². The van der Waals surface area contributed by atoms with Gasteiger partial charge in [0.1, 0.15) is 17.6 Å². The number of benzene rings is 2. The van der Waals surface area contributed by atoms with Gasteiger partial charge in [-0.3, -0.25) is 10.1 Å². The van der Waals surface area contributed by atoms with Crippen molar-refractivity contribution in [2.75, 3.05) is 11.9 Å². The van der Waals surface area contributed by atoms with Crippen LogP contribution < -0.4 is 10.1 Å². The zero-order chi connectivity index (χ0) is 19.2. The fourth-order valence-electron chi connectivity index (χ4n) is 2.42. The average molecular weight is 381 g/mol. The van der Waals surface area contributed by atoms with E-state index in [-0.39, 0.29) is 18.3 Å². The summed E-state index contributed by atoms with van der Waals surface area (Å²) >= 11 is 1.37. The van der Waals surface area contributed by atoms with Crippen LogP contribution >= 0.6 is 11.3 Å². The van der Waals surface area contributed by atoms with Crippen LogP contribution in [0.25, 0.3) is 0 Å². The third-order valence-corrected chi connectivity index (χ3v) is 4.86. The summed E-state index contributed by atoms with van der Waals surface area (Å²) in [6.45, 7) is 1.65. The van der Waals surface area contributed by atoms with Crippen LogP contribution in [-0.4, -0.2) is 17.5 Å². The third-order valence-electron chi connectivity index (χ3n) is 3.78. The smallest absolute Gasteiger partial charge is 0.264 e. The molecule has 0 spiro atoms. The second-order valence-corrected chi connectivity index (χ2v) is 6.86. The van der Waals surface area contributed by atoms with Crippen molar-refractivity contribution >= 4 is 22.4 Å². The van der Waals surface area contributed by atoms with E-state index in [1.807, 2.05) is 13.0 Å². The molecule has 136 valence electrons. The van der Waals surface area contributed by atoms with Crippen LogP contribution in [0.3, 0.4) is 0 Å². The lowest BCUT2D eigenvalue weighted by molar-refractivity contribution is -0.118. The number of rotatable bonds is 6. The number of nitrogens with zero attached hydrogens (tertiary/aromatic N) is 2. The quantitative estimate of drug-likeness (QED) is 0.698. The van der Waals surface area contributed by atoms with Crippen molar-refractivity contribution in [2.45, 2.75) is 13.3 Å². The molecule has 7 heteroatoms. The molecule has 0 saturated heterocycles. The van der Waals surface area contributed by atoms with E-state index in [4.69, 9.17) is 10.00 Å². The highest BCUT2D eigenvalue weighted by Gasteiger charge is 2.12. The van der Waals surface area contributed by atoms with Gasteiger partial charge in [0.15, 0.2) is 11.7 Å². The number of carbonyl (C=O) groups is 1. The lowest BCUT2D eigenvalue weighted by Gasteiger charge is -2.06. The van der Waals surface area contributed by atoms with Crippen LogP contribution in [0.4, 0.5) is 9.52 Å². The van der Waals surface area contributed by atoms with Crippen LogP contribution in [0.1, 0.15) is 21.7 Å². The molecule has 0 aliphatic carbocycles. The van der Waals surface area contributed by atoms with E-state index in [1.54, 1.807) is 36.4 Å². The number of hydrogen-bond acceptors (Lipinski definition) is 5. The van der Waals surface area contributed by atoms with Gasteiger partial charge >= 0.3 is 0 Å². The summed E-state index contributed by atoms with van der Waals surface area (Å²) in [6, 6.07) is 15.0. The maximum Gasteiger partial charge on any atom is 0.264 e. The predicted molar refractivity (Wildman–Crippen MR) is 101 cm³/mol. The lowest BCUT2D eigenvalue weighted by atomic mass is 10.1. The molecule has 0 aliphatic rings. The van der Waals surface area contributed by atoms with Crippen molar-refractivity contribution in [3.63, 3.8) is 0 Å². The summed E-state index contributed by atoms with van der Waals surface area (Å²) < 4.78 is 18.4. The Balaban J connectivity index is 1.60. The number of carbonyl (C=O) groups excluding carboxylic acids is 1. The van der Waals surface area contributed by atoms with Gasteiger partial charge in [-0.2, -0.15) is 5.26 Å². The molecule has 0 saturated carbocycles. The number of nitrogens with one attached hydrogen (secondary N) is 1. The summed E-state index contributed by atoms with van der Waals surface area (Å²) in [5.74, 6) is -0.266. The molecule has 0 atom stereocenters. The van der Waals surface area contributed by atoms with Crippen LogP contribution in [0.2, 0.25) is 0 Å². The Morgan fingerprint density at radius 1 is 1.26 bits per heavy atom. The van der Waals surface area contributed by atoms with E-state index in [0.717, 1.165) is 16.1 Å². The molecule has 0 aliphatic heterocycles. The molecule has 1 heterocycles. The van der Waals surface area contributed by atoms with Crippen LogP contribution in [0, 0.1) is 24.1 Å². The summed E-state index contributed by atoms with van der Waals surface area (Å²) in [5.41, 5.74) is 2.16. The summed E-state index contributed by atoms with van der Waals surface area (Å²) in [6.07, 6.45) is 0.617. The molecule has 1 aromatic heterocycles. The van der Waals surface area contributed by atoms with Gasteiger partial charge in [-0.1, -0.05) is 24.3 Å². The normalized spacial score (nSPS) is 10.3. The fraction of sp³-hybridized carbons (Fsp3) is 0.150. The number of anilines is 1. The highest BCUT2D eigenvalue weighted by molar-refractivity contribution is 7.15. The topological polar surface area (TPSA) is 75.0 Å². The molecule has 0 fully saturated rings. The Morgan fingerprint density at radius 2 is 2.00 bits per heavy atom. The van der Waals surface area contributed by atoms with Gasteiger partial charge in [-0.15, -0.1) is 11.3 Å². The Morgan fingerprint density at radius 3 is 2.74 bits per heavy atom. The summed E-state index contributed by atoms with van der Waals surface area (Å²) in [5, 5.41) is 12.2. The molecule has 0 bridgehead atoms. The second kappa shape index (κ2) is 8.43. The maximum absolute atomic E-state index is 13.0. The number of thiazole rings is 1. The highest BCUT2D eigenvalue weighted by atomic mass is 32.1. The van der Waals surface area contributed by atoms with Crippen LogP contribution in [-0.2, 0) is 11.2 Å². The molecule has 0 radical (unpaired) electrons. The minimum absolute atomic E-state index is 0.218. The standard InChI is InChI=1S/C20H16FN3O2S/c1-13-18(10-14-6-8-16(21)9-7-14)27-20(23-13)24-19(25)12-26-17-5-3-2-4-15(17)11-22/h2-9H,10,12H2,1H3,(H,23,24,25). The molecule has 2 aromatic carbocycles. The molecule has 3 aromatic rings. The Bertz CT molecular complexity index is 993. The zero-order valence-electron chi connectivity index (χ0n) is 14.5. The Hall–Kier alpha value is -3.24. The van der Waals surface area contributed by atoms with Gasteiger partial charge in [0, 0.05) is 11.3 Å². The molecule has 27 heavy (non-hydrogen) atoms. The van der Waals surface area contributed by atoms with Crippen molar-refractivity contribution in [1.29, 1.82) is 5.26 Å². The maximum atomic E-state index is 13.0. The minimum Gasteiger partial charge on any atom is -0.482 e. The first-order chi connectivity index (χ1) is 13.0. The van der Waals surface area contributed by atoms with E-state index < -0.39 is 0 Å². The predicted octanol–water partition coefficient (Wildman–Crippen LogP) is 4.07. The van der Waals surface area contributed by atoms with Crippen molar-refractivity contribution in [3.8, 4) is 11.8 Å². The first kappa shape index (κ1) is 18.5. The Labute approximate surface area is 160 Å². The van der Waals surface area contributed by atoms with Gasteiger partial charge in [-0.25, -0.2) is 9.37 Å². The molecule has 3 rings (SSSR count). The monoisotopic (exact) mass is 381 g/mol. The number of nitriles is 1. The molecule has 1 N–H and O–H groups in total. The van der Waals surface area contributed by atoms with Crippen LogP contribution in [0.15, 0.2) is 48.5 Å². The number of halogens is 1. The van der Waals surface area contributed by atoms with Crippen molar-refractivity contribution < 1.29 is 13.9 Å². The van der Waals surface area contributed by atoms with Gasteiger partial charge in [-0.05, 0) is 36.8 Å². The molecule has 5 nitrogen and oxygen atoms in total. The van der Waals surface area contributed by atoms with E-state index in [9.17, 15) is 9.18 Å². The molecule has 0 unspecified atom stereocenters. The number of amides is 1. The van der Waals surface area contributed by atoms with E-state index in [1.165, 1.54) is 23.5 Å². The largest absolute Gasteiger partial charge is 0.482 e. The summed E-state index contributed by atoms with van der Waals surface area (Å²) in [4.78, 5) is 17.5. The van der Waals surface area contributed by atoms with Gasteiger partial charge < -0.3 is 4.74 Å². The van der Waals surface area contributed by atoms with E-state index >= 15 is 0 Å². The minimum atomic E-state index is -0.357. The molecular weight excluding hydrogens is 365 g/mol. The van der Waals surface area contributed by atoms with Gasteiger partial charge in [0.05, 0.1) is 11.3 Å². The van der Waals surface area contributed by atoms with Crippen molar-refractivity contribution in [2.24, 2.45) is 0 Å².